The van der Waals surface area contributed by atoms with Crippen LogP contribution >= 0.6 is 11.3 Å². The van der Waals surface area contributed by atoms with Gasteiger partial charge in [0.25, 0.3) is 0 Å². The molecule has 5 heteroatoms. The molecule has 1 atom stereocenters. The highest BCUT2D eigenvalue weighted by atomic mass is 32.1. The number of carbonyl (C=O) groups is 1. The number of carbonyl (C=O) groups excluding carboxylic acids is 1. The Morgan fingerprint density at radius 1 is 1.47 bits per heavy atom. The van der Waals surface area contributed by atoms with E-state index in [0.29, 0.717) is 17.1 Å². The molecule has 1 aromatic heterocycles. The number of hydrogen-bond acceptors (Lipinski definition) is 3. The van der Waals surface area contributed by atoms with Gasteiger partial charge in [-0.25, -0.2) is 9.78 Å². The number of amides is 2. The zero-order chi connectivity index (χ0) is 13.4. The number of hydrogen-bond donors (Lipinski definition) is 1. The molecule has 1 aromatic carbocycles. The fraction of sp³-hybridized carbons (Fsp3) is 0.429. The van der Waals surface area contributed by atoms with Crippen LogP contribution in [0, 0.1) is 5.92 Å². The minimum atomic E-state index is -0.0709. The lowest BCUT2D eigenvalue weighted by molar-refractivity contribution is 0.201. The zero-order valence-corrected chi connectivity index (χ0v) is 11.9. The van der Waals surface area contributed by atoms with Gasteiger partial charge in [0.2, 0.25) is 0 Å². The van der Waals surface area contributed by atoms with E-state index in [9.17, 15) is 4.79 Å². The van der Waals surface area contributed by atoms with Gasteiger partial charge < -0.3 is 4.90 Å². The maximum absolute atomic E-state index is 12.1. The van der Waals surface area contributed by atoms with Gasteiger partial charge in [-0.1, -0.05) is 23.5 Å². The summed E-state index contributed by atoms with van der Waals surface area (Å²) in [5.74, 6) is 0.672. The molecule has 1 aliphatic rings. The van der Waals surface area contributed by atoms with Gasteiger partial charge in [-0.15, -0.1) is 0 Å². The van der Waals surface area contributed by atoms with Crippen molar-refractivity contribution in [2.45, 2.75) is 25.8 Å². The van der Waals surface area contributed by atoms with E-state index in [4.69, 9.17) is 0 Å². The molecule has 2 aromatic rings. The molecular weight excluding hydrogens is 258 g/mol. The van der Waals surface area contributed by atoms with E-state index >= 15 is 0 Å². The summed E-state index contributed by atoms with van der Waals surface area (Å²) < 4.78 is 1.09. The first kappa shape index (κ1) is 12.4. The molecule has 2 amide bonds. The molecular formula is C14H17N3OS. The van der Waals surface area contributed by atoms with Crippen molar-refractivity contribution in [1.29, 1.82) is 0 Å². The van der Waals surface area contributed by atoms with Gasteiger partial charge in [-0.05, 0) is 37.8 Å². The Kier molecular flexibility index (Phi) is 3.14. The molecule has 0 spiro atoms. The van der Waals surface area contributed by atoms with Crippen LogP contribution in [0.4, 0.5) is 9.93 Å². The number of para-hydroxylation sites is 1. The average Bonchev–Trinajstić information content (AvgIpc) is 3.17. The Bertz CT molecular complexity index is 573. The summed E-state index contributed by atoms with van der Waals surface area (Å²) in [7, 11) is 1.85. The van der Waals surface area contributed by atoms with Crippen LogP contribution in [0.15, 0.2) is 24.3 Å². The van der Waals surface area contributed by atoms with Crippen molar-refractivity contribution in [3.05, 3.63) is 24.3 Å². The molecule has 1 heterocycles. The first-order valence-electron chi connectivity index (χ1n) is 6.54. The summed E-state index contributed by atoms with van der Waals surface area (Å²) in [6.45, 7) is 2.11. The summed E-state index contributed by atoms with van der Waals surface area (Å²) in [5, 5.41) is 3.56. The Morgan fingerprint density at radius 2 is 2.21 bits per heavy atom. The largest absolute Gasteiger partial charge is 0.325 e. The van der Waals surface area contributed by atoms with Gasteiger partial charge in [0.1, 0.15) is 0 Å². The van der Waals surface area contributed by atoms with Crippen LogP contribution in [-0.4, -0.2) is 29.0 Å². The lowest BCUT2D eigenvalue weighted by Gasteiger charge is -2.24. The van der Waals surface area contributed by atoms with Crippen molar-refractivity contribution in [1.82, 2.24) is 9.88 Å². The predicted molar refractivity (Wildman–Crippen MR) is 78.6 cm³/mol. The molecule has 1 fully saturated rings. The van der Waals surface area contributed by atoms with E-state index < -0.39 is 0 Å². The zero-order valence-electron chi connectivity index (χ0n) is 11.1. The molecule has 0 radical (unpaired) electrons. The number of thiazole rings is 1. The van der Waals surface area contributed by atoms with E-state index in [1.54, 1.807) is 4.90 Å². The normalized spacial score (nSPS) is 16.3. The Balaban J connectivity index is 1.71. The van der Waals surface area contributed by atoms with Crippen LogP contribution in [-0.2, 0) is 0 Å². The summed E-state index contributed by atoms with van der Waals surface area (Å²) >= 11 is 1.51. The van der Waals surface area contributed by atoms with Crippen LogP contribution in [0.25, 0.3) is 10.2 Å². The lowest BCUT2D eigenvalue weighted by atomic mass is 10.2. The van der Waals surface area contributed by atoms with Crippen molar-refractivity contribution in [2.75, 3.05) is 12.4 Å². The SMILES string of the molecule is CC(C1CC1)N(C)C(=O)Nc1nc2ccccc2s1. The number of benzene rings is 1. The number of anilines is 1. The molecule has 100 valence electrons. The highest BCUT2D eigenvalue weighted by Crippen LogP contribution is 2.35. The van der Waals surface area contributed by atoms with Crippen LogP contribution in [0.3, 0.4) is 0 Å². The van der Waals surface area contributed by atoms with E-state index in [1.807, 2.05) is 31.3 Å². The van der Waals surface area contributed by atoms with E-state index in [0.717, 1.165) is 10.2 Å². The van der Waals surface area contributed by atoms with Crippen LogP contribution in [0.2, 0.25) is 0 Å². The van der Waals surface area contributed by atoms with Crippen LogP contribution < -0.4 is 5.32 Å². The second-order valence-electron chi connectivity index (χ2n) is 5.11. The number of nitrogens with one attached hydrogen (secondary N) is 1. The van der Waals surface area contributed by atoms with Crippen molar-refractivity contribution in [2.24, 2.45) is 5.92 Å². The van der Waals surface area contributed by atoms with Gasteiger partial charge >= 0.3 is 6.03 Å². The van der Waals surface area contributed by atoms with Crippen molar-refractivity contribution in [3.63, 3.8) is 0 Å². The number of rotatable bonds is 3. The smallest absolute Gasteiger partial charge is 0.323 e. The number of urea groups is 1. The highest BCUT2D eigenvalue weighted by molar-refractivity contribution is 7.22. The predicted octanol–water partition coefficient (Wildman–Crippen LogP) is 3.56. The number of nitrogens with zero attached hydrogens (tertiary/aromatic N) is 2. The monoisotopic (exact) mass is 275 g/mol. The fourth-order valence-corrected chi connectivity index (χ4v) is 3.04. The van der Waals surface area contributed by atoms with Crippen molar-refractivity contribution >= 4 is 32.7 Å². The summed E-state index contributed by atoms with van der Waals surface area (Å²) in [6, 6.07) is 8.13. The average molecular weight is 275 g/mol. The summed E-state index contributed by atoms with van der Waals surface area (Å²) in [4.78, 5) is 18.3. The van der Waals surface area contributed by atoms with Gasteiger partial charge in [-0.2, -0.15) is 0 Å². The second kappa shape index (κ2) is 4.81. The molecule has 0 bridgehead atoms. The summed E-state index contributed by atoms with van der Waals surface area (Å²) in [6.07, 6.45) is 2.47. The molecule has 1 N–H and O–H groups in total. The molecule has 19 heavy (non-hydrogen) atoms. The molecule has 4 nitrogen and oxygen atoms in total. The van der Waals surface area contributed by atoms with Gasteiger partial charge in [0.15, 0.2) is 5.13 Å². The third-order valence-electron chi connectivity index (χ3n) is 3.74. The van der Waals surface area contributed by atoms with Gasteiger partial charge in [-0.3, -0.25) is 5.32 Å². The van der Waals surface area contributed by atoms with Crippen LogP contribution in [0.1, 0.15) is 19.8 Å². The van der Waals surface area contributed by atoms with Gasteiger partial charge in [0.05, 0.1) is 10.2 Å². The first-order chi connectivity index (χ1) is 9.15. The number of aromatic nitrogens is 1. The maximum atomic E-state index is 12.1. The quantitative estimate of drug-likeness (QED) is 0.931. The Labute approximate surface area is 116 Å². The maximum Gasteiger partial charge on any atom is 0.323 e. The minimum Gasteiger partial charge on any atom is -0.325 e. The van der Waals surface area contributed by atoms with E-state index in [1.165, 1.54) is 24.2 Å². The third kappa shape index (κ3) is 2.56. The van der Waals surface area contributed by atoms with E-state index in [2.05, 4.69) is 17.2 Å². The Morgan fingerprint density at radius 3 is 2.89 bits per heavy atom. The van der Waals surface area contributed by atoms with Crippen molar-refractivity contribution in [3.8, 4) is 0 Å². The summed E-state index contributed by atoms with van der Waals surface area (Å²) in [5.41, 5.74) is 0.931. The highest BCUT2D eigenvalue weighted by Gasteiger charge is 2.32. The molecule has 0 saturated heterocycles. The van der Waals surface area contributed by atoms with Crippen LogP contribution in [0.5, 0.6) is 0 Å². The molecule has 1 unspecified atom stereocenters. The number of fused-ring (bicyclic) bond motifs is 1. The second-order valence-corrected chi connectivity index (χ2v) is 6.14. The third-order valence-corrected chi connectivity index (χ3v) is 4.70. The molecule has 1 saturated carbocycles. The minimum absolute atomic E-state index is 0.0709. The van der Waals surface area contributed by atoms with Gasteiger partial charge in [0, 0.05) is 13.1 Å². The van der Waals surface area contributed by atoms with Crippen molar-refractivity contribution < 1.29 is 4.79 Å². The fourth-order valence-electron chi connectivity index (χ4n) is 2.19. The molecule has 0 aliphatic heterocycles. The first-order valence-corrected chi connectivity index (χ1v) is 7.36. The van der Waals surface area contributed by atoms with E-state index in [-0.39, 0.29) is 6.03 Å². The molecule has 1 aliphatic carbocycles. The lowest BCUT2D eigenvalue weighted by Crippen LogP contribution is -2.39. The Hall–Kier alpha value is -1.62. The standard InChI is InChI=1S/C14H17N3OS/c1-9(10-7-8-10)17(2)14(18)16-13-15-11-5-3-4-6-12(11)19-13/h3-6,9-10H,7-8H2,1-2H3,(H,15,16,18). The topological polar surface area (TPSA) is 45.2 Å². The molecule has 3 rings (SSSR count).